The highest BCUT2D eigenvalue weighted by Crippen LogP contribution is 2.45. The first-order chi connectivity index (χ1) is 26.3. The molecule has 0 aromatic heterocycles. The van der Waals surface area contributed by atoms with E-state index in [-0.39, 0.29) is 60.5 Å². The second-order valence-electron chi connectivity index (χ2n) is 18.0. The maximum Gasteiger partial charge on any atom is 0.311 e. The van der Waals surface area contributed by atoms with Gasteiger partial charge in [0.1, 0.15) is 6.10 Å². The molecular weight excluding hydrogens is 689 g/mol. The Kier molecular flexibility index (Phi) is 21.4. The van der Waals surface area contributed by atoms with E-state index in [2.05, 4.69) is 56.5 Å². The number of hydrogen-bond donors (Lipinski definition) is 3. The largest absolute Gasteiger partial charge is 0.461 e. The van der Waals surface area contributed by atoms with Gasteiger partial charge in [0.2, 0.25) is 11.8 Å². The van der Waals surface area contributed by atoms with Crippen molar-refractivity contribution in [1.29, 1.82) is 0 Å². The lowest BCUT2D eigenvalue weighted by molar-refractivity contribution is -0.164. The number of fused-ring (bicyclic) bond motifs is 1. The molecule has 8 heteroatoms. The number of nitrogens with zero attached hydrogens (tertiary/aromatic N) is 1. The third-order valence-electron chi connectivity index (χ3n) is 12.6. The summed E-state index contributed by atoms with van der Waals surface area (Å²) in [6.45, 7) is 13.7. The van der Waals surface area contributed by atoms with Crippen LogP contribution in [0.4, 0.5) is 0 Å². The molecule has 8 atom stereocenters. The van der Waals surface area contributed by atoms with Crippen molar-refractivity contribution in [1.82, 2.24) is 10.2 Å². The number of aliphatic hydroxyl groups excluding tert-OH is 2. The summed E-state index contributed by atoms with van der Waals surface area (Å²) in [5.74, 6) is 0.629. The number of rotatable bonds is 26. The number of esters is 1. The molecule has 1 saturated heterocycles. The van der Waals surface area contributed by atoms with Crippen molar-refractivity contribution >= 4 is 17.8 Å². The van der Waals surface area contributed by atoms with Gasteiger partial charge in [-0.3, -0.25) is 14.4 Å². The average Bonchev–Trinajstić information content (AvgIpc) is 3.61. The van der Waals surface area contributed by atoms with Crippen LogP contribution in [0, 0.1) is 29.1 Å². The van der Waals surface area contributed by atoms with Crippen LogP contribution in [-0.2, 0) is 19.1 Å². The summed E-state index contributed by atoms with van der Waals surface area (Å²) in [7, 11) is 0. The monoisotopic (exact) mass is 769 g/mol. The minimum atomic E-state index is -0.949. The molecule has 3 rings (SSSR count). The predicted octanol–water partition coefficient (Wildman–Crippen LogP) is 9.78. The van der Waals surface area contributed by atoms with Crippen LogP contribution in [0.1, 0.15) is 176 Å². The van der Waals surface area contributed by atoms with Crippen molar-refractivity contribution in [2.75, 3.05) is 13.1 Å². The highest BCUT2D eigenvalue weighted by molar-refractivity contribution is 5.78. The molecular formula is C47H80N2O6. The molecule has 0 aromatic rings. The summed E-state index contributed by atoms with van der Waals surface area (Å²) in [6.07, 6.45) is 29.6. The fourth-order valence-electron chi connectivity index (χ4n) is 8.67. The minimum absolute atomic E-state index is 0.0718. The molecule has 0 radical (unpaired) electrons. The van der Waals surface area contributed by atoms with Crippen molar-refractivity contribution in [2.24, 2.45) is 29.1 Å². The number of unbranched alkanes of at least 4 members (excludes halogenated alkanes) is 11. The number of allylic oxidation sites excluding steroid dienone is 5. The summed E-state index contributed by atoms with van der Waals surface area (Å²) in [4.78, 5) is 40.6. The Morgan fingerprint density at radius 2 is 1.60 bits per heavy atom. The van der Waals surface area contributed by atoms with E-state index in [1.165, 1.54) is 69.8 Å². The Morgan fingerprint density at radius 3 is 2.27 bits per heavy atom. The van der Waals surface area contributed by atoms with Crippen molar-refractivity contribution < 1.29 is 29.3 Å². The highest BCUT2D eigenvalue weighted by atomic mass is 16.5. The SMILES string of the molecule is CCCCCCCC/C=C\CCCCCCCC(=O)N1CC[C@H](NC(=O)C[C@H](O)C[C@@H](O)CC[C@@H]2C3C(=C[C@H](C)CC3OC(=O)C(C)(C)CC)C=C[C@@H]2C)C1. The van der Waals surface area contributed by atoms with E-state index in [1.807, 2.05) is 25.7 Å². The number of carbonyl (C=O) groups excluding carboxylic acids is 3. The maximum absolute atomic E-state index is 13.1. The minimum Gasteiger partial charge on any atom is -0.461 e. The quantitative estimate of drug-likeness (QED) is 0.0459. The van der Waals surface area contributed by atoms with Gasteiger partial charge in [-0.05, 0) is 108 Å². The Bertz CT molecular complexity index is 1240. The van der Waals surface area contributed by atoms with Gasteiger partial charge >= 0.3 is 5.97 Å². The summed E-state index contributed by atoms with van der Waals surface area (Å²) in [5, 5.41) is 24.7. The molecule has 2 aliphatic carbocycles. The van der Waals surface area contributed by atoms with Gasteiger partial charge in [-0.2, -0.15) is 0 Å². The first-order valence-corrected chi connectivity index (χ1v) is 22.5. The molecule has 3 N–H and O–H groups in total. The van der Waals surface area contributed by atoms with Gasteiger partial charge < -0.3 is 25.2 Å². The van der Waals surface area contributed by atoms with Gasteiger partial charge in [0, 0.05) is 31.5 Å². The summed E-state index contributed by atoms with van der Waals surface area (Å²) >= 11 is 0. The zero-order valence-electron chi connectivity index (χ0n) is 35.7. The second-order valence-corrected chi connectivity index (χ2v) is 18.0. The zero-order chi connectivity index (χ0) is 40.2. The lowest BCUT2D eigenvalue weighted by Gasteiger charge is -2.44. The number of aliphatic hydroxyl groups is 2. The molecule has 1 heterocycles. The van der Waals surface area contributed by atoms with E-state index >= 15 is 0 Å². The van der Waals surface area contributed by atoms with E-state index in [4.69, 9.17) is 4.74 Å². The topological polar surface area (TPSA) is 116 Å². The molecule has 2 unspecified atom stereocenters. The van der Waals surface area contributed by atoms with Crippen LogP contribution >= 0.6 is 0 Å². The molecule has 1 fully saturated rings. The van der Waals surface area contributed by atoms with Crippen LogP contribution in [-0.4, -0.2) is 70.3 Å². The van der Waals surface area contributed by atoms with Crippen LogP contribution in [0.3, 0.4) is 0 Å². The van der Waals surface area contributed by atoms with Gasteiger partial charge in [0.15, 0.2) is 0 Å². The van der Waals surface area contributed by atoms with E-state index in [0.717, 1.165) is 38.5 Å². The molecule has 0 aromatic carbocycles. The summed E-state index contributed by atoms with van der Waals surface area (Å²) in [6, 6.07) is -0.103. The Balaban J connectivity index is 1.29. The fourth-order valence-corrected chi connectivity index (χ4v) is 8.67. The van der Waals surface area contributed by atoms with E-state index in [1.54, 1.807) is 0 Å². The Morgan fingerprint density at radius 1 is 0.945 bits per heavy atom. The van der Waals surface area contributed by atoms with Crippen LogP contribution in [0.5, 0.6) is 0 Å². The smallest absolute Gasteiger partial charge is 0.311 e. The van der Waals surface area contributed by atoms with Crippen molar-refractivity contribution in [3.63, 3.8) is 0 Å². The van der Waals surface area contributed by atoms with Crippen molar-refractivity contribution in [2.45, 2.75) is 201 Å². The van der Waals surface area contributed by atoms with Crippen molar-refractivity contribution in [3.05, 3.63) is 36.0 Å². The average molecular weight is 769 g/mol. The van der Waals surface area contributed by atoms with Gasteiger partial charge in [0.25, 0.3) is 0 Å². The van der Waals surface area contributed by atoms with Gasteiger partial charge in [-0.15, -0.1) is 0 Å². The number of amides is 2. The lowest BCUT2D eigenvalue weighted by atomic mass is 9.65. The maximum atomic E-state index is 13.1. The Hall–Kier alpha value is -2.45. The lowest BCUT2D eigenvalue weighted by Crippen LogP contribution is -2.43. The van der Waals surface area contributed by atoms with E-state index in [9.17, 15) is 24.6 Å². The van der Waals surface area contributed by atoms with Gasteiger partial charge in [0.05, 0.1) is 24.0 Å². The molecule has 1 aliphatic heterocycles. The van der Waals surface area contributed by atoms with Crippen LogP contribution in [0.2, 0.25) is 0 Å². The molecule has 3 aliphatic rings. The van der Waals surface area contributed by atoms with E-state index in [0.29, 0.717) is 38.3 Å². The van der Waals surface area contributed by atoms with Gasteiger partial charge in [-0.1, -0.05) is 109 Å². The van der Waals surface area contributed by atoms with Crippen molar-refractivity contribution in [3.8, 4) is 0 Å². The van der Waals surface area contributed by atoms with Crippen LogP contribution in [0.15, 0.2) is 36.0 Å². The number of hydrogen-bond acceptors (Lipinski definition) is 6. The number of ether oxygens (including phenoxy) is 1. The summed E-state index contributed by atoms with van der Waals surface area (Å²) in [5.41, 5.74) is 0.683. The molecule has 0 spiro atoms. The molecule has 55 heavy (non-hydrogen) atoms. The van der Waals surface area contributed by atoms with E-state index < -0.39 is 17.6 Å². The van der Waals surface area contributed by atoms with Crippen LogP contribution in [0.25, 0.3) is 0 Å². The first-order valence-electron chi connectivity index (χ1n) is 22.5. The standard InChI is InChI=1S/C47H80N2O6/c1-7-9-10-11-12-13-14-15-16-17-18-19-20-21-22-23-44(53)49-29-28-38(34-49)48-43(52)33-40(51)32-39(50)26-27-41-36(4)24-25-37-30-35(3)31-42(45(37)41)55-46(54)47(5,6)8-2/h15-16,24-25,30,35-36,38-42,45,50-51H,7-14,17-23,26-29,31-34H2,1-6H3,(H,48,52)/b16-15-/t35-,36-,38-,39-,40+,41-,42?,45?/m0/s1. The van der Waals surface area contributed by atoms with Gasteiger partial charge in [-0.25, -0.2) is 0 Å². The molecule has 8 nitrogen and oxygen atoms in total. The first kappa shape index (κ1) is 46.9. The zero-order valence-corrected chi connectivity index (χ0v) is 35.7. The number of carbonyl (C=O) groups is 3. The van der Waals surface area contributed by atoms with Crippen LogP contribution < -0.4 is 5.32 Å². The third kappa shape index (κ3) is 16.9. The second kappa shape index (κ2) is 25.0. The molecule has 314 valence electrons. The highest BCUT2D eigenvalue weighted by Gasteiger charge is 2.43. The number of nitrogens with one attached hydrogen (secondary N) is 1. The molecule has 0 saturated carbocycles. The normalized spacial score (nSPS) is 25.1. The number of likely N-dealkylation sites (tertiary alicyclic amines) is 1. The predicted molar refractivity (Wildman–Crippen MR) is 224 cm³/mol. The Labute approximate surface area is 335 Å². The fraction of sp³-hybridized carbons (Fsp3) is 0.809. The molecule has 0 bridgehead atoms. The summed E-state index contributed by atoms with van der Waals surface area (Å²) < 4.78 is 6.23. The molecule has 2 amide bonds. The third-order valence-corrected chi connectivity index (χ3v) is 12.6.